The molecule has 3 rings (SSSR count). The van der Waals surface area contributed by atoms with Crippen LogP contribution in [0.25, 0.3) is 5.69 Å². The standard InChI is InChI=1S/C17H14N6O2/c1-12(25-16-8-2-13(10-18)3-9-16)17(24)20-14-4-6-15(7-5-14)23-11-19-21-22-23/h2-9,11-12H,1H3,(H,20,24)/t12-/m0/s1. The van der Waals surface area contributed by atoms with Crippen molar-refractivity contribution >= 4 is 11.6 Å². The van der Waals surface area contributed by atoms with E-state index in [4.69, 9.17) is 10.00 Å². The molecule has 0 radical (unpaired) electrons. The molecule has 0 aliphatic carbocycles. The van der Waals surface area contributed by atoms with Crippen molar-refractivity contribution in [1.82, 2.24) is 20.2 Å². The molecular weight excluding hydrogens is 320 g/mol. The van der Waals surface area contributed by atoms with Crippen molar-refractivity contribution in [2.24, 2.45) is 0 Å². The maximum absolute atomic E-state index is 12.2. The second-order valence-corrected chi connectivity index (χ2v) is 5.19. The number of anilines is 1. The molecule has 8 heteroatoms. The van der Waals surface area contributed by atoms with Gasteiger partial charge in [0, 0.05) is 5.69 Å². The summed E-state index contributed by atoms with van der Waals surface area (Å²) in [4.78, 5) is 12.2. The molecule has 3 aromatic rings. The van der Waals surface area contributed by atoms with Crippen molar-refractivity contribution in [3.8, 4) is 17.5 Å². The molecule has 0 spiro atoms. The number of tetrazole rings is 1. The Kier molecular flexibility index (Phi) is 4.67. The summed E-state index contributed by atoms with van der Waals surface area (Å²) in [6.07, 6.45) is 0.799. The van der Waals surface area contributed by atoms with E-state index in [-0.39, 0.29) is 5.91 Å². The number of benzene rings is 2. The first-order valence-corrected chi connectivity index (χ1v) is 7.47. The highest BCUT2D eigenvalue weighted by Crippen LogP contribution is 2.15. The average molecular weight is 334 g/mol. The molecule has 0 saturated carbocycles. The number of hydrogen-bond donors (Lipinski definition) is 1. The van der Waals surface area contributed by atoms with Crippen LogP contribution in [0, 0.1) is 11.3 Å². The summed E-state index contributed by atoms with van der Waals surface area (Å²) in [6, 6.07) is 15.7. The predicted octanol–water partition coefficient (Wildman–Crippen LogP) is 1.94. The quantitative estimate of drug-likeness (QED) is 0.764. The number of nitrogens with zero attached hydrogens (tertiary/aromatic N) is 5. The summed E-state index contributed by atoms with van der Waals surface area (Å²) in [5, 5.41) is 22.5. The van der Waals surface area contributed by atoms with Gasteiger partial charge < -0.3 is 10.1 Å². The van der Waals surface area contributed by atoms with Gasteiger partial charge in [0.1, 0.15) is 12.1 Å². The van der Waals surface area contributed by atoms with Crippen LogP contribution in [0.5, 0.6) is 5.75 Å². The number of carbonyl (C=O) groups is 1. The van der Waals surface area contributed by atoms with E-state index in [2.05, 4.69) is 20.8 Å². The van der Waals surface area contributed by atoms with Crippen molar-refractivity contribution < 1.29 is 9.53 Å². The van der Waals surface area contributed by atoms with E-state index in [0.29, 0.717) is 17.0 Å². The number of amides is 1. The molecule has 124 valence electrons. The van der Waals surface area contributed by atoms with Gasteiger partial charge in [-0.1, -0.05) is 0 Å². The molecule has 1 amide bonds. The highest BCUT2D eigenvalue weighted by atomic mass is 16.5. The van der Waals surface area contributed by atoms with Crippen molar-refractivity contribution in [2.45, 2.75) is 13.0 Å². The number of carbonyl (C=O) groups excluding carboxylic acids is 1. The van der Waals surface area contributed by atoms with Gasteiger partial charge in [0.15, 0.2) is 6.10 Å². The second kappa shape index (κ2) is 7.23. The predicted molar refractivity (Wildman–Crippen MR) is 89.0 cm³/mol. The zero-order chi connectivity index (χ0) is 17.6. The Balaban J connectivity index is 1.60. The fourth-order valence-electron chi connectivity index (χ4n) is 2.09. The van der Waals surface area contributed by atoms with Gasteiger partial charge in [-0.15, -0.1) is 5.10 Å². The van der Waals surface area contributed by atoms with Crippen LogP contribution in [0.4, 0.5) is 5.69 Å². The Hall–Kier alpha value is -3.73. The van der Waals surface area contributed by atoms with E-state index in [9.17, 15) is 4.79 Å². The summed E-state index contributed by atoms with van der Waals surface area (Å²) in [7, 11) is 0. The van der Waals surface area contributed by atoms with E-state index in [1.54, 1.807) is 55.5 Å². The lowest BCUT2D eigenvalue weighted by atomic mass is 10.2. The Labute approximate surface area is 143 Å². The fourth-order valence-corrected chi connectivity index (χ4v) is 2.09. The molecule has 8 nitrogen and oxygen atoms in total. The minimum absolute atomic E-state index is 0.278. The van der Waals surface area contributed by atoms with Gasteiger partial charge in [-0.3, -0.25) is 4.79 Å². The first-order chi connectivity index (χ1) is 12.2. The number of nitrogens with one attached hydrogen (secondary N) is 1. The number of aromatic nitrogens is 4. The number of ether oxygens (including phenoxy) is 1. The number of nitriles is 1. The zero-order valence-corrected chi connectivity index (χ0v) is 13.3. The highest BCUT2D eigenvalue weighted by molar-refractivity contribution is 5.94. The third kappa shape index (κ3) is 3.97. The summed E-state index contributed by atoms with van der Waals surface area (Å²) in [5.41, 5.74) is 1.95. The summed E-state index contributed by atoms with van der Waals surface area (Å²) in [6.45, 7) is 1.66. The van der Waals surface area contributed by atoms with Crippen molar-refractivity contribution in [3.63, 3.8) is 0 Å². The molecule has 0 fully saturated rings. The molecule has 0 aliphatic rings. The Morgan fingerprint density at radius 1 is 1.20 bits per heavy atom. The van der Waals surface area contributed by atoms with Gasteiger partial charge in [0.05, 0.1) is 17.3 Å². The largest absolute Gasteiger partial charge is 0.481 e. The molecular formula is C17H14N6O2. The summed E-state index contributed by atoms with van der Waals surface area (Å²) >= 11 is 0. The van der Waals surface area contributed by atoms with Crippen LogP contribution in [-0.4, -0.2) is 32.2 Å². The molecule has 1 atom stereocenters. The van der Waals surface area contributed by atoms with Gasteiger partial charge in [0.2, 0.25) is 0 Å². The first-order valence-electron chi connectivity index (χ1n) is 7.47. The minimum Gasteiger partial charge on any atom is -0.481 e. The van der Waals surface area contributed by atoms with Crippen LogP contribution in [-0.2, 0) is 4.79 Å². The zero-order valence-electron chi connectivity index (χ0n) is 13.3. The van der Waals surface area contributed by atoms with E-state index < -0.39 is 6.10 Å². The summed E-state index contributed by atoms with van der Waals surface area (Å²) < 4.78 is 7.09. The Morgan fingerprint density at radius 3 is 2.52 bits per heavy atom. The monoisotopic (exact) mass is 334 g/mol. The maximum atomic E-state index is 12.2. The lowest BCUT2D eigenvalue weighted by Crippen LogP contribution is -2.30. The molecule has 2 aromatic carbocycles. The van der Waals surface area contributed by atoms with Crippen LogP contribution < -0.4 is 10.1 Å². The van der Waals surface area contributed by atoms with E-state index in [1.807, 2.05) is 6.07 Å². The SMILES string of the molecule is C[C@H](Oc1ccc(C#N)cc1)C(=O)Nc1ccc(-n2cnnn2)cc1. The minimum atomic E-state index is -0.688. The molecule has 1 aromatic heterocycles. The van der Waals surface area contributed by atoms with Crippen LogP contribution in [0.1, 0.15) is 12.5 Å². The van der Waals surface area contributed by atoms with Crippen molar-refractivity contribution in [1.29, 1.82) is 5.26 Å². The lowest BCUT2D eigenvalue weighted by Gasteiger charge is -2.15. The van der Waals surface area contributed by atoms with Crippen LogP contribution in [0.3, 0.4) is 0 Å². The second-order valence-electron chi connectivity index (χ2n) is 5.19. The smallest absolute Gasteiger partial charge is 0.265 e. The molecule has 1 heterocycles. The molecule has 0 bridgehead atoms. The third-order valence-electron chi connectivity index (χ3n) is 3.41. The Morgan fingerprint density at radius 2 is 1.92 bits per heavy atom. The van der Waals surface area contributed by atoms with Gasteiger partial charge in [-0.25, -0.2) is 4.68 Å². The van der Waals surface area contributed by atoms with Gasteiger partial charge in [0.25, 0.3) is 5.91 Å². The highest BCUT2D eigenvalue weighted by Gasteiger charge is 2.15. The first kappa shape index (κ1) is 16.1. The third-order valence-corrected chi connectivity index (χ3v) is 3.41. The molecule has 1 N–H and O–H groups in total. The molecule has 0 saturated heterocycles. The summed E-state index contributed by atoms with van der Waals surface area (Å²) in [5.74, 6) is 0.246. The lowest BCUT2D eigenvalue weighted by molar-refractivity contribution is -0.122. The van der Waals surface area contributed by atoms with E-state index >= 15 is 0 Å². The normalized spacial score (nSPS) is 11.4. The number of rotatable bonds is 5. The van der Waals surface area contributed by atoms with Crippen LogP contribution in [0.15, 0.2) is 54.9 Å². The van der Waals surface area contributed by atoms with Crippen LogP contribution >= 0.6 is 0 Å². The van der Waals surface area contributed by atoms with E-state index in [1.165, 1.54) is 11.0 Å². The van der Waals surface area contributed by atoms with Gasteiger partial charge >= 0.3 is 0 Å². The van der Waals surface area contributed by atoms with E-state index in [0.717, 1.165) is 5.69 Å². The topological polar surface area (TPSA) is 106 Å². The average Bonchev–Trinajstić information content (AvgIpc) is 3.17. The fraction of sp³-hybridized carbons (Fsp3) is 0.118. The van der Waals surface area contributed by atoms with Gasteiger partial charge in [-0.05, 0) is 65.9 Å². The molecule has 0 unspecified atom stereocenters. The maximum Gasteiger partial charge on any atom is 0.265 e. The van der Waals surface area contributed by atoms with Gasteiger partial charge in [-0.2, -0.15) is 5.26 Å². The van der Waals surface area contributed by atoms with Crippen molar-refractivity contribution in [3.05, 3.63) is 60.4 Å². The molecule has 0 aliphatic heterocycles. The number of hydrogen-bond acceptors (Lipinski definition) is 6. The Bertz CT molecular complexity index is 882. The van der Waals surface area contributed by atoms with Crippen LogP contribution in [0.2, 0.25) is 0 Å². The van der Waals surface area contributed by atoms with Crippen molar-refractivity contribution in [2.75, 3.05) is 5.32 Å². The molecule has 25 heavy (non-hydrogen) atoms.